The van der Waals surface area contributed by atoms with Crippen LogP contribution in [0.5, 0.6) is 0 Å². The summed E-state index contributed by atoms with van der Waals surface area (Å²) in [6.45, 7) is 3.86. The molecule has 0 unspecified atom stereocenters. The van der Waals surface area contributed by atoms with Gasteiger partial charge in [0.2, 0.25) is 0 Å². The van der Waals surface area contributed by atoms with Gasteiger partial charge >= 0.3 is 11.8 Å². The normalized spacial score (nSPS) is 15.9. The molecule has 1 aliphatic rings. The van der Waals surface area contributed by atoms with Gasteiger partial charge in [-0.2, -0.15) is 11.3 Å². The first-order valence-corrected chi connectivity index (χ1v) is 10.1. The summed E-state index contributed by atoms with van der Waals surface area (Å²) in [5, 5.41) is 9.59. The average Bonchev–Trinajstić information content (AvgIpc) is 3.24. The van der Waals surface area contributed by atoms with Gasteiger partial charge in [0.25, 0.3) is 0 Å². The largest absolute Gasteiger partial charge is 0.379 e. The van der Waals surface area contributed by atoms with Crippen LogP contribution in [0.3, 0.4) is 0 Å². The zero-order valence-electron chi connectivity index (χ0n) is 15.2. The highest BCUT2D eigenvalue weighted by atomic mass is 32.1. The number of nitrogens with zero attached hydrogens (tertiary/aromatic N) is 1. The molecule has 2 heterocycles. The van der Waals surface area contributed by atoms with Crippen LogP contribution in [0, 0.1) is 0 Å². The van der Waals surface area contributed by atoms with Crippen molar-refractivity contribution >= 4 is 23.2 Å². The van der Waals surface area contributed by atoms with Gasteiger partial charge in [0.05, 0.1) is 19.3 Å². The van der Waals surface area contributed by atoms with Crippen LogP contribution in [0.1, 0.15) is 17.2 Å². The number of ether oxygens (including phenoxy) is 1. The Balaban J connectivity index is 1.47. The lowest BCUT2D eigenvalue weighted by Crippen LogP contribution is -2.46. The van der Waals surface area contributed by atoms with Crippen LogP contribution >= 0.6 is 11.3 Å². The molecule has 0 bridgehead atoms. The van der Waals surface area contributed by atoms with E-state index in [1.54, 1.807) is 11.3 Å². The van der Waals surface area contributed by atoms with Crippen LogP contribution in [0.4, 0.5) is 0 Å². The van der Waals surface area contributed by atoms with Crippen LogP contribution in [-0.4, -0.2) is 56.1 Å². The Morgan fingerprint density at radius 1 is 1.07 bits per heavy atom. The molecule has 3 rings (SSSR count). The van der Waals surface area contributed by atoms with E-state index in [0.29, 0.717) is 32.7 Å². The zero-order valence-corrected chi connectivity index (χ0v) is 16.0. The molecule has 1 aliphatic heterocycles. The van der Waals surface area contributed by atoms with Gasteiger partial charge in [0, 0.05) is 26.2 Å². The second kappa shape index (κ2) is 10.2. The Hall–Kier alpha value is -2.22. The van der Waals surface area contributed by atoms with Crippen molar-refractivity contribution in [1.29, 1.82) is 0 Å². The first kappa shape index (κ1) is 19.5. The molecule has 2 N–H and O–H groups in total. The van der Waals surface area contributed by atoms with Gasteiger partial charge < -0.3 is 15.4 Å². The van der Waals surface area contributed by atoms with Gasteiger partial charge in [-0.25, -0.2) is 0 Å². The average molecular weight is 388 g/mol. The highest BCUT2D eigenvalue weighted by Crippen LogP contribution is 2.23. The van der Waals surface area contributed by atoms with E-state index in [1.807, 2.05) is 35.7 Å². The third kappa shape index (κ3) is 5.89. The highest BCUT2D eigenvalue weighted by Gasteiger charge is 2.24. The maximum absolute atomic E-state index is 12.2. The third-order valence-electron chi connectivity index (χ3n) is 4.62. The Labute approximate surface area is 163 Å². The minimum Gasteiger partial charge on any atom is -0.379 e. The fourth-order valence-corrected chi connectivity index (χ4v) is 3.83. The van der Waals surface area contributed by atoms with Crippen LogP contribution in [0.2, 0.25) is 0 Å². The Kier molecular flexibility index (Phi) is 7.38. The molecule has 2 aromatic rings. The Bertz CT molecular complexity index is 715. The molecule has 1 aromatic heterocycles. The molecule has 1 fully saturated rings. The number of benzene rings is 1. The van der Waals surface area contributed by atoms with Crippen molar-refractivity contribution in [1.82, 2.24) is 15.5 Å². The number of thiophene rings is 1. The summed E-state index contributed by atoms with van der Waals surface area (Å²) in [5.74, 6) is -1.17. The monoisotopic (exact) mass is 387 g/mol. The summed E-state index contributed by atoms with van der Waals surface area (Å²) in [7, 11) is 0. The van der Waals surface area contributed by atoms with E-state index >= 15 is 0 Å². The molecule has 27 heavy (non-hydrogen) atoms. The molecule has 144 valence electrons. The predicted octanol–water partition coefficient (Wildman–Crippen LogP) is 1.60. The number of rotatable bonds is 7. The van der Waals surface area contributed by atoms with Crippen LogP contribution in [0.25, 0.3) is 0 Å². The molecule has 6 nitrogen and oxygen atoms in total. The van der Waals surface area contributed by atoms with Crippen molar-refractivity contribution in [2.45, 2.75) is 12.5 Å². The van der Waals surface area contributed by atoms with E-state index < -0.39 is 11.8 Å². The first-order chi connectivity index (χ1) is 13.2. The minimum absolute atomic E-state index is 0.0567. The summed E-state index contributed by atoms with van der Waals surface area (Å²) < 4.78 is 5.42. The topological polar surface area (TPSA) is 70.7 Å². The fourth-order valence-electron chi connectivity index (χ4n) is 3.13. The lowest BCUT2D eigenvalue weighted by Gasteiger charge is -2.34. The SMILES string of the molecule is O=C(NCCc1ccccc1)C(=O)NC[C@H](c1ccsc1)N1CCOCC1. The zero-order chi connectivity index (χ0) is 18.9. The van der Waals surface area contributed by atoms with Gasteiger partial charge in [-0.1, -0.05) is 30.3 Å². The van der Waals surface area contributed by atoms with Gasteiger partial charge in [-0.15, -0.1) is 0 Å². The summed E-state index contributed by atoms with van der Waals surface area (Å²) in [6, 6.07) is 12.0. The van der Waals surface area contributed by atoms with Crippen molar-refractivity contribution in [2.75, 3.05) is 39.4 Å². The molecule has 0 saturated carbocycles. The Morgan fingerprint density at radius 3 is 2.52 bits per heavy atom. The van der Waals surface area contributed by atoms with Crippen molar-refractivity contribution < 1.29 is 14.3 Å². The smallest absolute Gasteiger partial charge is 0.309 e. The number of nitrogens with one attached hydrogen (secondary N) is 2. The number of carbonyl (C=O) groups is 2. The first-order valence-electron chi connectivity index (χ1n) is 9.18. The van der Waals surface area contributed by atoms with E-state index in [9.17, 15) is 9.59 Å². The minimum atomic E-state index is -0.587. The standard InChI is InChI=1S/C20H25N3O3S/c24-19(21-8-6-16-4-2-1-3-5-16)20(25)22-14-18(17-7-13-27-15-17)23-9-11-26-12-10-23/h1-5,7,13,15,18H,6,8-12,14H2,(H,21,24)(H,22,25)/t18-/m1/s1. The lowest BCUT2D eigenvalue weighted by atomic mass is 10.1. The molecule has 2 amide bonds. The quantitative estimate of drug-likeness (QED) is 0.708. The second-order valence-electron chi connectivity index (χ2n) is 6.42. The molecule has 0 spiro atoms. The number of hydrogen-bond acceptors (Lipinski definition) is 5. The maximum atomic E-state index is 12.2. The molecule has 0 aliphatic carbocycles. The Morgan fingerprint density at radius 2 is 1.81 bits per heavy atom. The molecule has 1 saturated heterocycles. The molecular formula is C20H25N3O3S. The predicted molar refractivity (Wildman–Crippen MR) is 106 cm³/mol. The molecular weight excluding hydrogens is 362 g/mol. The number of carbonyl (C=O) groups excluding carboxylic acids is 2. The van der Waals surface area contributed by atoms with Gasteiger partial charge in [-0.3, -0.25) is 14.5 Å². The van der Waals surface area contributed by atoms with Crippen molar-refractivity contribution in [2.24, 2.45) is 0 Å². The fraction of sp³-hybridized carbons (Fsp3) is 0.400. The van der Waals surface area contributed by atoms with E-state index in [1.165, 1.54) is 0 Å². The van der Waals surface area contributed by atoms with E-state index in [2.05, 4.69) is 27.0 Å². The van der Waals surface area contributed by atoms with E-state index in [0.717, 1.165) is 24.2 Å². The number of amides is 2. The molecule has 7 heteroatoms. The summed E-state index contributed by atoms with van der Waals surface area (Å²) >= 11 is 1.63. The maximum Gasteiger partial charge on any atom is 0.309 e. The number of hydrogen-bond donors (Lipinski definition) is 2. The van der Waals surface area contributed by atoms with E-state index in [-0.39, 0.29) is 6.04 Å². The number of morpholine rings is 1. The molecule has 1 atom stereocenters. The summed E-state index contributed by atoms with van der Waals surface area (Å²) in [6.07, 6.45) is 0.700. The van der Waals surface area contributed by atoms with Crippen molar-refractivity contribution in [3.8, 4) is 0 Å². The molecule has 1 aromatic carbocycles. The summed E-state index contributed by atoms with van der Waals surface area (Å²) in [4.78, 5) is 26.5. The van der Waals surface area contributed by atoms with Gasteiger partial charge in [0.15, 0.2) is 0 Å². The molecule has 0 radical (unpaired) electrons. The van der Waals surface area contributed by atoms with Gasteiger partial charge in [0.1, 0.15) is 0 Å². The lowest BCUT2D eigenvalue weighted by molar-refractivity contribution is -0.139. The van der Waals surface area contributed by atoms with Crippen molar-refractivity contribution in [3.05, 3.63) is 58.3 Å². The van der Waals surface area contributed by atoms with E-state index in [4.69, 9.17) is 4.74 Å². The third-order valence-corrected chi connectivity index (χ3v) is 5.32. The van der Waals surface area contributed by atoms with Crippen LogP contribution in [-0.2, 0) is 20.7 Å². The highest BCUT2D eigenvalue weighted by molar-refractivity contribution is 7.07. The summed E-state index contributed by atoms with van der Waals surface area (Å²) in [5.41, 5.74) is 2.29. The van der Waals surface area contributed by atoms with Gasteiger partial charge in [-0.05, 0) is 34.4 Å². The second-order valence-corrected chi connectivity index (χ2v) is 7.20. The van der Waals surface area contributed by atoms with Crippen molar-refractivity contribution in [3.63, 3.8) is 0 Å². The van der Waals surface area contributed by atoms with Crippen LogP contribution in [0.15, 0.2) is 47.2 Å². The van der Waals surface area contributed by atoms with Crippen LogP contribution < -0.4 is 10.6 Å².